The van der Waals surface area contributed by atoms with E-state index < -0.39 is 0 Å². The van der Waals surface area contributed by atoms with E-state index >= 15 is 0 Å². The van der Waals surface area contributed by atoms with Gasteiger partial charge >= 0.3 is 5.97 Å². The Hall–Kier alpha value is -1.31. The summed E-state index contributed by atoms with van der Waals surface area (Å²) in [6, 6.07) is 8.32. The van der Waals surface area contributed by atoms with Crippen molar-refractivity contribution in [2.45, 2.75) is 155 Å². The van der Waals surface area contributed by atoms with Gasteiger partial charge in [0.25, 0.3) is 0 Å². The van der Waals surface area contributed by atoms with Crippen LogP contribution in [0.4, 0.5) is 0 Å². The topological polar surface area (TPSA) is 26.3 Å². The highest BCUT2D eigenvalue weighted by Crippen LogP contribution is 2.15. The van der Waals surface area contributed by atoms with Crippen molar-refractivity contribution in [1.82, 2.24) is 0 Å². The van der Waals surface area contributed by atoms with Crippen molar-refractivity contribution in [3.8, 4) is 0 Å². The van der Waals surface area contributed by atoms with Gasteiger partial charge in [0.05, 0.1) is 0 Å². The van der Waals surface area contributed by atoms with Crippen LogP contribution < -0.4 is 0 Å². The predicted octanol–water partition coefficient (Wildman–Crippen LogP) is 10.1. The second kappa shape index (κ2) is 22.5. The molecule has 0 saturated carbocycles. The average molecular weight is 459 g/mol. The second-order valence-electron chi connectivity index (χ2n) is 9.95. The van der Waals surface area contributed by atoms with E-state index in [1.165, 1.54) is 115 Å². The largest absolute Gasteiger partial charge is 0.461 e. The lowest BCUT2D eigenvalue weighted by Crippen LogP contribution is -2.04. The van der Waals surface area contributed by atoms with Crippen LogP contribution in [0.25, 0.3) is 0 Å². The minimum Gasteiger partial charge on any atom is -0.461 e. The van der Waals surface area contributed by atoms with Crippen molar-refractivity contribution in [2.75, 3.05) is 0 Å². The van der Waals surface area contributed by atoms with Gasteiger partial charge in [0, 0.05) is 6.42 Å². The van der Waals surface area contributed by atoms with Gasteiger partial charge in [0.2, 0.25) is 0 Å². The molecule has 0 atom stereocenters. The second-order valence-corrected chi connectivity index (χ2v) is 9.95. The summed E-state index contributed by atoms with van der Waals surface area (Å²) in [6.45, 7) is 4.84. The molecular formula is C31H54O2. The van der Waals surface area contributed by atoms with Crippen molar-refractivity contribution >= 4 is 5.97 Å². The molecule has 0 N–H and O–H groups in total. The summed E-state index contributed by atoms with van der Waals surface area (Å²) in [4.78, 5) is 11.9. The van der Waals surface area contributed by atoms with Gasteiger partial charge in [-0.15, -0.1) is 0 Å². The molecule has 0 heterocycles. The van der Waals surface area contributed by atoms with Crippen LogP contribution in [0.3, 0.4) is 0 Å². The average Bonchev–Trinajstić information content (AvgIpc) is 2.84. The van der Waals surface area contributed by atoms with E-state index in [4.69, 9.17) is 4.74 Å². The van der Waals surface area contributed by atoms with E-state index in [1.807, 2.05) is 12.1 Å². The number of esters is 1. The maximum Gasteiger partial charge on any atom is 0.306 e. The summed E-state index contributed by atoms with van der Waals surface area (Å²) >= 11 is 0. The van der Waals surface area contributed by atoms with E-state index in [0.29, 0.717) is 13.0 Å². The Labute approximate surface area is 206 Å². The lowest BCUT2D eigenvalue weighted by Gasteiger charge is -2.06. The van der Waals surface area contributed by atoms with Gasteiger partial charge < -0.3 is 4.74 Å². The third-order valence-corrected chi connectivity index (χ3v) is 6.78. The summed E-state index contributed by atoms with van der Waals surface area (Å²) in [5, 5.41) is 0. The molecule has 0 saturated heterocycles. The zero-order chi connectivity index (χ0) is 23.8. The van der Waals surface area contributed by atoms with Crippen molar-refractivity contribution in [3.05, 3.63) is 35.4 Å². The quantitative estimate of drug-likeness (QED) is 0.120. The molecule has 190 valence electrons. The molecule has 0 radical (unpaired) electrons. The van der Waals surface area contributed by atoms with Crippen LogP contribution in [0, 0.1) is 0 Å². The highest BCUT2D eigenvalue weighted by molar-refractivity contribution is 5.69. The Morgan fingerprint density at radius 3 is 1.48 bits per heavy atom. The van der Waals surface area contributed by atoms with Crippen molar-refractivity contribution in [2.24, 2.45) is 0 Å². The third kappa shape index (κ3) is 18.8. The Bertz CT molecular complexity index is 566. The number of unbranched alkanes of at least 4 members (excludes halogenated alkanes) is 18. The van der Waals surface area contributed by atoms with Gasteiger partial charge in [-0.2, -0.15) is 0 Å². The molecule has 0 fully saturated rings. The number of hydrogen-bond donors (Lipinski definition) is 0. The standard InChI is InChI=1S/C31H54O2/c1-3-5-6-7-8-9-10-11-12-13-14-15-16-17-18-19-20-21-22-26-31(32)33-28-30-25-23-24-29(4-2)27-30/h23-25,27H,3-22,26,28H2,1-2H3. The molecule has 33 heavy (non-hydrogen) atoms. The maximum atomic E-state index is 11.9. The number of carbonyl (C=O) groups excluding carboxylic acids is 1. The molecule has 2 heteroatoms. The summed E-state index contributed by atoms with van der Waals surface area (Å²) in [6.07, 6.45) is 27.6. The molecule has 0 unspecified atom stereocenters. The predicted molar refractivity (Wildman–Crippen MR) is 144 cm³/mol. The SMILES string of the molecule is CCCCCCCCCCCCCCCCCCCCCC(=O)OCc1cccc(CC)c1. The first-order valence-corrected chi connectivity index (χ1v) is 14.5. The lowest BCUT2D eigenvalue weighted by molar-refractivity contribution is -0.145. The Morgan fingerprint density at radius 1 is 0.606 bits per heavy atom. The molecule has 1 aromatic carbocycles. The molecular weight excluding hydrogens is 404 g/mol. The smallest absolute Gasteiger partial charge is 0.306 e. The highest BCUT2D eigenvalue weighted by atomic mass is 16.5. The minimum absolute atomic E-state index is 0.0520. The van der Waals surface area contributed by atoms with Crippen molar-refractivity contribution < 1.29 is 9.53 Å². The van der Waals surface area contributed by atoms with Crippen LogP contribution >= 0.6 is 0 Å². The van der Waals surface area contributed by atoms with Gasteiger partial charge in [-0.25, -0.2) is 0 Å². The molecule has 1 rings (SSSR count). The molecule has 0 aliphatic rings. The molecule has 0 aliphatic carbocycles. The zero-order valence-corrected chi connectivity index (χ0v) is 22.2. The summed E-state index contributed by atoms with van der Waals surface area (Å²) in [7, 11) is 0. The number of ether oxygens (including phenoxy) is 1. The molecule has 1 aromatic rings. The van der Waals surface area contributed by atoms with E-state index in [1.54, 1.807) is 0 Å². The fourth-order valence-electron chi connectivity index (χ4n) is 4.52. The van der Waals surface area contributed by atoms with E-state index in [9.17, 15) is 4.79 Å². The lowest BCUT2D eigenvalue weighted by atomic mass is 10.0. The van der Waals surface area contributed by atoms with E-state index in [-0.39, 0.29) is 5.97 Å². The van der Waals surface area contributed by atoms with Crippen LogP contribution in [0.15, 0.2) is 24.3 Å². The maximum absolute atomic E-state index is 11.9. The Balaban J connectivity index is 1.77. The summed E-state index contributed by atoms with van der Waals surface area (Å²) < 4.78 is 5.43. The third-order valence-electron chi connectivity index (χ3n) is 6.78. The Kier molecular flexibility index (Phi) is 20.2. The normalized spacial score (nSPS) is 11.1. The zero-order valence-electron chi connectivity index (χ0n) is 22.2. The number of rotatable bonds is 23. The molecule has 0 amide bonds. The van der Waals surface area contributed by atoms with Crippen molar-refractivity contribution in [1.29, 1.82) is 0 Å². The summed E-state index contributed by atoms with van der Waals surface area (Å²) in [5.74, 6) is -0.0520. The van der Waals surface area contributed by atoms with Crippen LogP contribution in [0.1, 0.15) is 153 Å². The van der Waals surface area contributed by atoms with Crippen LogP contribution in [0.5, 0.6) is 0 Å². The summed E-state index contributed by atoms with van der Waals surface area (Å²) in [5.41, 5.74) is 2.39. The highest BCUT2D eigenvalue weighted by Gasteiger charge is 2.04. The number of hydrogen-bond acceptors (Lipinski definition) is 2. The number of carbonyl (C=O) groups is 1. The molecule has 0 spiro atoms. The first-order valence-electron chi connectivity index (χ1n) is 14.5. The minimum atomic E-state index is -0.0520. The van der Waals surface area contributed by atoms with Gasteiger partial charge in [-0.1, -0.05) is 154 Å². The van der Waals surface area contributed by atoms with Crippen LogP contribution in [0.2, 0.25) is 0 Å². The molecule has 2 nitrogen and oxygen atoms in total. The van der Waals surface area contributed by atoms with E-state index in [2.05, 4.69) is 26.0 Å². The fraction of sp³-hybridized carbons (Fsp3) is 0.774. The molecule has 0 bridgehead atoms. The number of benzene rings is 1. The molecule has 0 aromatic heterocycles. The Morgan fingerprint density at radius 2 is 1.03 bits per heavy atom. The van der Waals surface area contributed by atoms with Gasteiger partial charge in [0.1, 0.15) is 6.61 Å². The molecule has 0 aliphatic heterocycles. The van der Waals surface area contributed by atoms with Crippen molar-refractivity contribution in [3.63, 3.8) is 0 Å². The first-order chi connectivity index (χ1) is 16.3. The van der Waals surface area contributed by atoms with Crippen LogP contribution in [-0.4, -0.2) is 5.97 Å². The van der Waals surface area contributed by atoms with Crippen LogP contribution in [-0.2, 0) is 22.6 Å². The van der Waals surface area contributed by atoms with Gasteiger partial charge in [-0.3, -0.25) is 4.79 Å². The van der Waals surface area contributed by atoms with Gasteiger partial charge in [0.15, 0.2) is 0 Å². The number of aryl methyl sites for hydroxylation is 1. The van der Waals surface area contributed by atoms with E-state index in [0.717, 1.165) is 24.8 Å². The monoisotopic (exact) mass is 458 g/mol. The first kappa shape index (κ1) is 29.7. The fourth-order valence-corrected chi connectivity index (χ4v) is 4.52. The van der Waals surface area contributed by atoms with Gasteiger partial charge in [-0.05, 0) is 24.0 Å².